The average Bonchev–Trinajstić information content (AvgIpc) is 3.00. The van der Waals surface area contributed by atoms with E-state index in [1.54, 1.807) is 0 Å². The number of nitrogens with one attached hydrogen (secondary N) is 1. The first kappa shape index (κ1) is 14.6. The van der Waals surface area contributed by atoms with Crippen LogP contribution in [0.15, 0.2) is 0 Å². The summed E-state index contributed by atoms with van der Waals surface area (Å²) in [6.45, 7) is 8.55. The second kappa shape index (κ2) is 7.09. The molecule has 0 saturated carbocycles. The third-order valence-corrected chi connectivity index (χ3v) is 4.92. The van der Waals surface area contributed by atoms with Crippen LogP contribution < -0.4 is 5.32 Å². The minimum Gasteiger partial charge on any atom is -0.381 e. The molecular weight excluding hydrogens is 248 g/mol. The van der Waals surface area contributed by atoms with Crippen LogP contribution in [0.4, 0.5) is 0 Å². The summed E-state index contributed by atoms with van der Waals surface area (Å²) < 4.78 is 5.53. The third-order valence-electron chi connectivity index (χ3n) is 4.92. The molecule has 0 amide bonds. The van der Waals surface area contributed by atoms with Crippen LogP contribution in [0.25, 0.3) is 0 Å². The van der Waals surface area contributed by atoms with E-state index in [1.165, 1.54) is 58.4 Å². The molecule has 0 spiro atoms. The highest BCUT2D eigenvalue weighted by atomic mass is 35.5. The van der Waals surface area contributed by atoms with Crippen molar-refractivity contribution in [2.24, 2.45) is 17.8 Å². The van der Waals surface area contributed by atoms with Crippen molar-refractivity contribution in [1.29, 1.82) is 0 Å². The van der Waals surface area contributed by atoms with Gasteiger partial charge in [-0.25, -0.2) is 0 Å². The molecule has 1 N–H and O–H groups in total. The average molecular weight is 275 g/mol. The van der Waals surface area contributed by atoms with Crippen LogP contribution in [0, 0.1) is 17.8 Å². The second-order valence-corrected chi connectivity index (χ2v) is 6.13. The van der Waals surface area contributed by atoms with E-state index in [4.69, 9.17) is 4.74 Å². The first-order valence-electron chi connectivity index (χ1n) is 7.42. The number of rotatable bonds is 3. The van der Waals surface area contributed by atoms with Crippen LogP contribution in [0.2, 0.25) is 0 Å². The highest BCUT2D eigenvalue weighted by Gasteiger charge is 2.32. The Kier molecular flexibility index (Phi) is 5.74. The molecule has 0 radical (unpaired) electrons. The van der Waals surface area contributed by atoms with Gasteiger partial charge < -0.3 is 15.0 Å². The summed E-state index contributed by atoms with van der Waals surface area (Å²) in [7, 11) is 0. The molecule has 4 heteroatoms. The lowest BCUT2D eigenvalue weighted by Crippen LogP contribution is -2.35. The number of ether oxygens (including phenoxy) is 1. The Morgan fingerprint density at radius 2 is 1.89 bits per heavy atom. The number of halogens is 1. The smallest absolute Gasteiger partial charge is 0.0498 e. The number of nitrogens with zero attached hydrogens (tertiary/aromatic N) is 1. The largest absolute Gasteiger partial charge is 0.381 e. The molecule has 2 unspecified atom stereocenters. The summed E-state index contributed by atoms with van der Waals surface area (Å²) in [6, 6.07) is 0. The molecule has 3 rings (SSSR count). The van der Waals surface area contributed by atoms with E-state index in [-0.39, 0.29) is 12.4 Å². The van der Waals surface area contributed by atoms with Crippen molar-refractivity contribution in [3.8, 4) is 0 Å². The summed E-state index contributed by atoms with van der Waals surface area (Å²) in [4.78, 5) is 2.72. The van der Waals surface area contributed by atoms with Gasteiger partial charge in [0.25, 0.3) is 0 Å². The van der Waals surface area contributed by atoms with Gasteiger partial charge in [-0.1, -0.05) is 0 Å². The fourth-order valence-electron chi connectivity index (χ4n) is 3.77. The van der Waals surface area contributed by atoms with Gasteiger partial charge in [0.15, 0.2) is 0 Å². The Morgan fingerprint density at radius 3 is 2.61 bits per heavy atom. The van der Waals surface area contributed by atoms with Crippen LogP contribution in [-0.2, 0) is 4.74 Å². The molecule has 3 aliphatic heterocycles. The Labute approximate surface area is 117 Å². The molecule has 0 aromatic rings. The lowest BCUT2D eigenvalue weighted by molar-refractivity contribution is 0.169. The van der Waals surface area contributed by atoms with E-state index in [0.29, 0.717) is 0 Å². The van der Waals surface area contributed by atoms with Gasteiger partial charge in [0.05, 0.1) is 0 Å². The molecule has 0 aromatic carbocycles. The predicted octanol–water partition coefficient (Wildman–Crippen LogP) is 1.77. The van der Waals surface area contributed by atoms with E-state index in [1.807, 2.05) is 0 Å². The topological polar surface area (TPSA) is 24.5 Å². The van der Waals surface area contributed by atoms with E-state index in [2.05, 4.69) is 10.2 Å². The lowest BCUT2D eigenvalue weighted by Gasteiger charge is -2.27. The van der Waals surface area contributed by atoms with Crippen molar-refractivity contribution in [1.82, 2.24) is 10.2 Å². The maximum Gasteiger partial charge on any atom is 0.0498 e. The zero-order valence-electron chi connectivity index (χ0n) is 11.3. The fourth-order valence-corrected chi connectivity index (χ4v) is 3.77. The van der Waals surface area contributed by atoms with Crippen molar-refractivity contribution < 1.29 is 4.74 Å². The maximum absolute atomic E-state index is 5.53. The molecule has 3 nitrogen and oxygen atoms in total. The number of piperidine rings is 1. The van der Waals surface area contributed by atoms with Crippen molar-refractivity contribution >= 4 is 12.4 Å². The Balaban J connectivity index is 0.00000120. The van der Waals surface area contributed by atoms with E-state index >= 15 is 0 Å². The van der Waals surface area contributed by atoms with E-state index < -0.39 is 0 Å². The summed E-state index contributed by atoms with van der Waals surface area (Å²) in [5, 5.41) is 3.46. The highest BCUT2D eigenvalue weighted by molar-refractivity contribution is 5.85. The molecule has 18 heavy (non-hydrogen) atoms. The Bertz CT molecular complexity index is 240. The predicted molar refractivity (Wildman–Crippen MR) is 76.3 cm³/mol. The molecule has 0 bridgehead atoms. The molecule has 0 aromatic heterocycles. The standard InChI is InChI=1S/C14H26N2O.ClH/c1-5-15-6-2-12(1)9-16-7-3-13(10-16)14-4-8-17-11-14;/h12-15H,1-11H2;1H. The van der Waals surface area contributed by atoms with E-state index in [0.717, 1.165) is 31.0 Å². The molecule has 0 aliphatic carbocycles. The van der Waals surface area contributed by atoms with Gasteiger partial charge in [0.2, 0.25) is 0 Å². The van der Waals surface area contributed by atoms with Gasteiger partial charge in [-0.2, -0.15) is 0 Å². The number of likely N-dealkylation sites (tertiary alicyclic amines) is 1. The van der Waals surface area contributed by atoms with Crippen LogP contribution in [0.3, 0.4) is 0 Å². The number of hydrogen-bond acceptors (Lipinski definition) is 3. The zero-order valence-corrected chi connectivity index (χ0v) is 12.1. The first-order chi connectivity index (χ1) is 8.42. The fraction of sp³-hybridized carbons (Fsp3) is 1.00. The maximum atomic E-state index is 5.53. The second-order valence-electron chi connectivity index (χ2n) is 6.13. The molecule has 2 atom stereocenters. The molecule has 106 valence electrons. The van der Waals surface area contributed by atoms with Gasteiger partial charge in [-0.15, -0.1) is 12.4 Å². The summed E-state index contributed by atoms with van der Waals surface area (Å²) in [5.74, 6) is 2.75. The molecule has 3 aliphatic rings. The van der Waals surface area contributed by atoms with E-state index in [9.17, 15) is 0 Å². The monoisotopic (exact) mass is 274 g/mol. The molecule has 3 fully saturated rings. The Hall–Kier alpha value is 0.170. The van der Waals surface area contributed by atoms with Gasteiger partial charge in [-0.05, 0) is 63.1 Å². The van der Waals surface area contributed by atoms with Crippen LogP contribution in [0.1, 0.15) is 25.7 Å². The van der Waals surface area contributed by atoms with Gasteiger partial charge in [0, 0.05) is 26.3 Å². The Morgan fingerprint density at radius 1 is 1.06 bits per heavy atom. The van der Waals surface area contributed by atoms with Crippen LogP contribution in [-0.4, -0.2) is 50.8 Å². The quantitative estimate of drug-likeness (QED) is 0.849. The first-order valence-corrected chi connectivity index (χ1v) is 7.42. The summed E-state index contributed by atoms with van der Waals surface area (Å²) in [5.41, 5.74) is 0. The number of hydrogen-bond donors (Lipinski definition) is 1. The minimum absolute atomic E-state index is 0. The van der Waals surface area contributed by atoms with Crippen molar-refractivity contribution in [3.63, 3.8) is 0 Å². The molecule has 3 saturated heterocycles. The lowest BCUT2D eigenvalue weighted by atomic mass is 9.91. The normalized spacial score (nSPS) is 34.7. The summed E-state index contributed by atoms with van der Waals surface area (Å²) >= 11 is 0. The SMILES string of the molecule is C1CC(CN2CCC(C3CCOC3)C2)CCN1.Cl. The minimum atomic E-state index is 0. The summed E-state index contributed by atoms with van der Waals surface area (Å²) in [6.07, 6.45) is 5.49. The van der Waals surface area contributed by atoms with Gasteiger partial charge >= 0.3 is 0 Å². The van der Waals surface area contributed by atoms with Crippen molar-refractivity contribution in [2.75, 3.05) is 45.9 Å². The van der Waals surface area contributed by atoms with Crippen LogP contribution >= 0.6 is 12.4 Å². The zero-order chi connectivity index (χ0) is 11.5. The van der Waals surface area contributed by atoms with Crippen molar-refractivity contribution in [3.05, 3.63) is 0 Å². The highest BCUT2D eigenvalue weighted by Crippen LogP contribution is 2.30. The van der Waals surface area contributed by atoms with Crippen molar-refractivity contribution in [2.45, 2.75) is 25.7 Å². The van der Waals surface area contributed by atoms with Gasteiger partial charge in [-0.3, -0.25) is 0 Å². The van der Waals surface area contributed by atoms with Gasteiger partial charge in [0.1, 0.15) is 0 Å². The third kappa shape index (κ3) is 3.60. The molecular formula is C14H27ClN2O. The molecule has 3 heterocycles. The van der Waals surface area contributed by atoms with Crippen LogP contribution in [0.5, 0.6) is 0 Å².